The quantitative estimate of drug-likeness (QED) is 0.846. The van der Waals surface area contributed by atoms with Crippen LogP contribution in [0.4, 0.5) is 0 Å². The normalized spacial score (nSPS) is 17.6. The molecular weight excluding hydrogens is 302 g/mol. The minimum Gasteiger partial charge on any atom is -0.496 e. The maximum atomic E-state index is 5.81. The first-order chi connectivity index (χ1) is 9.19. The van der Waals surface area contributed by atoms with Gasteiger partial charge in [-0.15, -0.1) is 0 Å². The third kappa shape index (κ3) is 3.73. The van der Waals surface area contributed by atoms with Crippen LogP contribution in [0.5, 0.6) is 5.75 Å². The van der Waals surface area contributed by atoms with E-state index >= 15 is 0 Å². The molecule has 0 radical (unpaired) electrons. The highest BCUT2D eigenvalue weighted by atomic mass is 79.9. The predicted molar refractivity (Wildman–Crippen MR) is 83.6 cm³/mol. The zero-order chi connectivity index (χ0) is 13.7. The molecule has 0 unspecified atom stereocenters. The van der Waals surface area contributed by atoms with Crippen molar-refractivity contribution in [3.63, 3.8) is 0 Å². The number of methoxy groups -OCH3 is 1. The van der Waals surface area contributed by atoms with Crippen molar-refractivity contribution in [2.75, 3.05) is 13.7 Å². The van der Waals surface area contributed by atoms with Gasteiger partial charge in [0, 0.05) is 4.47 Å². The number of nitrogens with two attached hydrogens (primary N) is 1. The van der Waals surface area contributed by atoms with Gasteiger partial charge in [-0.3, -0.25) is 0 Å². The highest BCUT2D eigenvalue weighted by molar-refractivity contribution is 9.10. The lowest BCUT2D eigenvalue weighted by atomic mass is 9.77. The van der Waals surface area contributed by atoms with Crippen LogP contribution in [0.3, 0.4) is 0 Å². The Kier molecular flexibility index (Phi) is 5.28. The zero-order valence-corrected chi connectivity index (χ0v) is 13.3. The molecule has 2 N–H and O–H groups in total. The van der Waals surface area contributed by atoms with Crippen molar-refractivity contribution in [2.24, 2.45) is 11.1 Å². The molecule has 0 bridgehead atoms. The van der Waals surface area contributed by atoms with Gasteiger partial charge in [-0.1, -0.05) is 28.8 Å². The van der Waals surface area contributed by atoms with Gasteiger partial charge >= 0.3 is 0 Å². The molecule has 0 aromatic heterocycles. The summed E-state index contributed by atoms with van der Waals surface area (Å²) in [5.41, 5.74) is 7.60. The molecule has 0 atom stereocenters. The van der Waals surface area contributed by atoms with Gasteiger partial charge in [-0.05, 0) is 67.8 Å². The first-order valence-electron chi connectivity index (χ1n) is 7.22. The predicted octanol–water partition coefficient (Wildman–Crippen LogP) is 4.30. The molecule has 1 saturated carbocycles. The molecule has 1 aromatic carbocycles. The van der Waals surface area contributed by atoms with Gasteiger partial charge in [0.2, 0.25) is 0 Å². The number of rotatable bonds is 6. The number of ether oxygens (including phenoxy) is 1. The van der Waals surface area contributed by atoms with Gasteiger partial charge in [0.1, 0.15) is 5.75 Å². The minimum atomic E-state index is 0.488. The van der Waals surface area contributed by atoms with Crippen molar-refractivity contribution < 1.29 is 4.74 Å². The molecule has 1 aliphatic rings. The molecule has 2 rings (SSSR count). The van der Waals surface area contributed by atoms with Gasteiger partial charge in [0.25, 0.3) is 0 Å². The summed E-state index contributed by atoms with van der Waals surface area (Å²) in [7, 11) is 1.75. The lowest BCUT2D eigenvalue weighted by molar-refractivity contribution is 0.252. The maximum Gasteiger partial charge on any atom is 0.122 e. The van der Waals surface area contributed by atoms with Crippen molar-refractivity contribution in [2.45, 2.75) is 44.9 Å². The Hall–Kier alpha value is -0.540. The topological polar surface area (TPSA) is 35.2 Å². The Morgan fingerprint density at radius 3 is 2.63 bits per heavy atom. The Morgan fingerprint density at radius 2 is 2.00 bits per heavy atom. The molecule has 3 heteroatoms. The van der Waals surface area contributed by atoms with E-state index in [4.69, 9.17) is 10.5 Å². The largest absolute Gasteiger partial charge is 0.496 e. The standard InChI is InChI=1S/C16H24BrNO/c1-19-15-5-4-14(17)12-13(15)6-9-16(10-11-18)7-2-3-8-16/h4-5,12H,2-3,6-11,18H2,1H3. The van der Waals surface area contributed by atoms with E-state index in [1.807, 2.05) is 12.1 Å². The summed E-state index contributed by atoms with van der Waals surface area (Å²) < 4.78 is 6.59. The molecule has 0 spiro atoms. The first-order valence-corrected chi connectivity index (χ1v) is 8.01. The Bertz CT molecular complexity index is 413. The summed E-state index contributed by atoms with van der Waals surface area (Å²) in [6.07, 6.45) is 8.93. The molecule has 0 heterocycles. The lowest BCUT2D eigenvalue weighted by Gasteiger charge is -2.29. The van der Waals surface area contributed by atoms with Crippen LogP contribution >= 0.6 is 15.9 Å². The van der Waals surface area contributed by atoms with E-state index in [0.717, 1.165) is 23.2 Å². The average molecular weight is 326 g/mol. The molecule has 1 fully saturated rings. The van der Waals surface area contributed by atoms with Crippen LogP contribution < -0.4 is 10.5 Å². The van der Waals surface area contributed by atoms with Crippen LogP contribution in [0.1, 0.15) is 44.1 Å². The zero-order valence-electron chi connectivity index (χ0n) is 11.8. The molecule has 1 aromatic rings. The van der Waals surface area contributed by atoms with Crippen molar-refractivity contribution in [1.29, 1.82) is 0 Å². The number of aryl methyl sites for hydroxylation is 1. The second-order valence-corrected chi connectivity index (χ2v) is 6.62. The highest BCUT2D eigenvalue weighted by Gasteiger charge is 2.32. The van der Waals surface area contributed by atoms with Crippen LogP contribution in [0, 0.1) is 5.41 Å². The number of hydrogen-bond donors (Lipinski definition) is 1. The van der Waals surface area contributed by atoms with Gasteiger partial charge in [0.15, 0.2) is 0 Å². The molecule has 106 valence electrons. The second-order valence-electron chi connectivity index (χ2n) is 5.70. The fourth-order valence-corrected chi connectivity index (χ4v) is 3.81. The Balaban J connectivity index is 2.06. The summed E-state index contributed by atoms with van der Waals surface area (Å²) in [4.78, 5) is 0. The van der Waals surface area contributed by atoms with Crippen LogP contribution in [0.2, 0.25) is 0 Å². The summed E-state index contributed by atoms with van der Waals surface area (Å²) in [6, 6.07) is 6.27. The molecule has 19 heavy (non-hydrogen) atoms. The highest BCUT2D eigenvalue weighted by Crippen LogP contribution is 2.45. The fourth-order valence-electron chi connectivity index (χ4n) is 3.40. The summed E-state index contributed by atoms with van der Waals surface area (Å²) in [6.45, 7) is 0.815. The number of hydrogen-bond acceptors (Lipinski definition) is 2. The van der Waals surface area contributed by atoms with Crippen molar-refractivity contribution in [1.82, 2.24) is 0 Å². The van der Waals surface area contributed by atoms with Gasteiger partial charge in [0.05, 0.1) is 7.11 Å². The van der Waals surface area contributed by atoms with Crippen LogP contribution in [0.25, 0.3) is 0 Å². The van der Waals surface area contributed by atoms with E-state index in [2.05, 4.69) is 22.0 Å². The van der Waals surface area contributed by atoms with E-state index in [1.54, 1.807) is 7.11 Å². The third-order valence-electron chi connectivity index (χ3n) is 4.51. The Labute approximate surface area is 124 Å². The first kappa shape index (κ1) is 14.9. The van der Waals surface area contributed by atoms with E-state index in [0.29, 0.717) is 5.41 Å². The van der Waals surface area contributed by atoms with Gasteiger partial charge < -0.3 is 10.5 Å². The Morgan fingerprint density at radius 1 is 1.26 bits per heavy atom. The molecule has 0 amide bonds. The smallest absolute Gasteiger partial charge is 0.122 e. The monoisotopic (exact) mass is 325 g/mol. The molecular formula is C16H24BrNO. The van der Waals surface area contributed by atoms with Crippen molar-refractivity contribution >= 4 is 15.9 Å². The third-order valence-corrected chi connectivity index (χ3v) is 5.00. The van der Waals surface area contributed by atoms with Crippen LogP contribution in [-0.4, -0.2) is 13.7 Å². The summed E-state index contributed by atoms with van der Waals surface area (Å²) in [5, 5.41) is 0. The average Bonchev–Trinajstić information content (AvgIpc) is 2.86. The SMILES string of the molecule is COc1ccc(Br)cc1CCC1(CCN)CCCC1. The molecule has 1 aliphatic carbocycles. The van der Waals surface area contributed by atoms with E-state index in [-0.39, 0.29) is 0 Å². The fraction of sp³-hybridized carbons (Fsp3) is 0.625. The molecule has 0 saturated heterocycles. The molecule has 2 nitrogen and oxygen atoms in total. The van der Waals surface area contributed by atoms with Crippen LogP contribution in [-0.2, 0) is 6.42 Å². The van der Waals surface area contributed by atoms with E-state index in [1.165, 1.54) is 44.1 Å². The van der Waals surface area contributed by atoms with Crippen LogP contribution in [0.15, 0.2) is 22.7 Å². The van der Waals surface area contributed by atoms with E-state index < -0.39 is 0 Å². The lowest BCUT2D eigenvalue weighted by Crippen LogP contribution is -2.21. The van der Waals surface area contributed by atoms with Crippen molar-refractivity contribution in [3.05, 3.63) is 28.2 Å². The number of benzene rings is 1. The summed E-state index contributed by atoms with van der Waals surface area (Å²) >= 11 is 3.55. The second kappa shape index (κ2) is 6.76. The maximum absolute atomic E-state index is 5.81. The van der Waals surface area contributed by atoms with E-state index in [9.17, 15) is 0 Å². The number of halogens is 1. The summed E-state index contributed by atoms with van der Waals surface area (Å²) in [5.74, 6) is 1.00. The van der Waals surface area contributed by atoms with Crippen molar-refractivity contribution in [3.8, 4) is 5.75 Å². The van der Waals surface area contributed by atoms with Gasteiger partial charge in [-0.2, -0.15) is 0 Å². The van der Waals surface area contributed by atoms with Gasteiger partial charge in [-0.25, -0.2) is 0 Å². The minimum absolute atomic E-state index is 0.488. The molecule has 0 aliphatic heterocycles.